The van der Waals surface area contributed by atoms with Crippen LogP contribution in [0.15, 0.2) is 64.7 Å². The van der Waals surface area contributed by atoms with Gasteiger partial charge in [0.15, 0.2) is 5.96 Å². The Morgan fingerprint density at radius 2 is 1.93 bits per heavy atom. The first-order valence-corrected chi connectivity index (χ1v) is 9.10. The van der Waals surface area contributed by atoms with E-state index in [9.17, 15) is 4.79 Å². The summed E-state index contributed by atoms with van der Waals surface area (Å²) >= 11 is 0. The van der Waals surface area contributed by atoms with Crippen LogP contribution >= 0.6 is 0 Å². The molecule has 28 heavy (non-hydrogen) atoms. The highest BCUT2D eigenvalue weighted by Crippen LogP contribution is 2.28. The third-order valence-corrected chi connectivity index (χ3v) is 4.97. The molecule has 0 bridgehead atoms. The van der Waals surface area contributed by atoms with Crippen LogP contribution in [0.5, 0.6) is 0 Å². The molecule has 1 aliphatic rings. The van der Waals surface area contributed by atoms with Gasteiger partial charge in [-0.25, -0.2) is 4.99 Å². The molecule has 1 unspecified atom stereocenters. The summed E-state index contributed by atoms with van der Waals surface area (Å²) in [7, 11) is 0. The average Bonchev–Trinajstić information content (AvgIpc) is 3.06. The summed E-state index contributed by atoms with van der Waals surface area (Å²) in [5, 5.41) is 1.10. The van der Waals surface area contributed by atoms with Crippen molar-refractivity contribution in [1.29, 1.82) is 0 Å². The van der Waals surface area contributed by atoms with Crippen molar-refractivity contribution < 1.29 is 4.79 Å². The summed E-state index contributed by atoms with van der Waals surface area (Å²) in [5.74, 6) is -0.181. The van der Waals surface area contributed by atoms with E-state index in [1.54, 1.807) is 4.90 Å². The fourth-order valence-electron chi connectivity index (χ4n) is 3.61. The van der Waals surface area contributed by atoms with E-state index in [1.807, 2.05) is 61.7 Å². The van der Waals surface area contributed by atoms with Crippen LogP contribution in [0, 0.1) is 0 Å². The van der Waals surface area contributed by atoms with E-state index in [0.29, 0.717) is 6.42 Å². The minimum absolute atomic E-state index is 0.0552. The zero-order chi connectivity index (χ0) is 19.7. The Balaban J connectivity index is 1.75. The van der Waals surface area contributed by atoms with Gasteiger partial charge >= 0.3 is 0 Å². The summed E-state index contributed by atoms with van der Waals surface area (Å²) in [6, 6.07) is 15.2. The van der Waals surface area contributed by atoms with Crippen LogP contribution in [0.4, 0.5) is 5.69 Å². The van der Waals surface area contributed by atoms with Gasteiger partial charge in [-0.15, -0.1) is 0 Å². The van der Waals surface area contributed by atoms with Crippen molar-refractivity contribution in [3.05, 3.63) is 65.9 Å². The van der Waals surface area contributed by atoms with Gasteiger partial charge in [0.2, 0.25) is 0 Å². The minimum atomic E-state index is -0.555. The fraction of sp³-hybridized carbons (Fsp3) is 0.190. The molecule has 2 heterocycles. The van der Waals surface area contributed by atoms with Crippen LogP contribution in [-0.4, -0.2) is 35.3 Å². The fourth-order valence-corrected chi connectivity index (χ4v) is 3.61. The lowest BCUT2D eigenvalue weighted by atomic mass is 10.0. The second kappa shape index (κ2) is 7.19. The van der Waals surface area contributed by atoms with Crippen molar-refractivity contribution in [1.82, 2.24) is 4.98 Å². The molecule has 1 aromatic heterocycles. The number of aromatic amines is 1. The van der Waals surface area contributed by atoms with E-state index in [4.69, 9.17) is 16.5 Å². The molecular formula is C21H22N6O. The number of amides is 1. The number of fused-ring (bicyclic) bond motifs is 2. The molecule has 0 radical (unpaired) electrons. The van der Waals surface area contributed by atoms with Gasteiger partial charge < -0.3 is 16.5 Å². The lowest BCUT2D eigenvalue weighted by Gasteiger charge is -2.23. The number of rotatable bonds is 4. The largest absolute Gasteiger partial charge is 0.370 e. The number of aliphatic imine (C=N–C) groups is 2. The highest BCUT2D eigenvalue weighted by molar-refractivity contribution is 6.12. The number of benzodiazepines with no additional fused rings is 1. The predicted molar refractivity (Wildman–Crippen MR) is 113 cm³/mol. The highest BCUT2D eigenvalue weighted by Gasteiger charge is 2.30. The van der Waals surface area contributed by atoms with Gasteiger partial charge in [-0.2, -0.15) is 0 Å². The molecule has 1 atom stereocenters. The number of hydrogen-bond acceptors (Lipinski definition) is 3. The maximum atomic E-state index is 13.4. The molecule has 142 valence electrons. The van der Waals surface area contributed by atoms with E-state index < -0.39 is 6.04 Å². The minimum Gasteiger partial charge on any atom is -0.370 e. The first kappa shape index (κ1) is 17.8. The Kier molecular flexibility index (Phi) is 4.57. The summed E-state index contributed by atoms with van der Waals surface area (Å²) in [6.07, 6.45) is 2.44. The molecular weight excluding hydrogens is 352 g/mol. The van der Waals surface area contributed by atoms with Crippen molar-refractivity contribution in [2.45, 2.75) is 19.4 Å². The first-order chi connectivity index (χ1) is 13.5. The van der Waals surface area contributed by atoms with Gasteiger partial charge in [0.05, 0.1) is 5.69 Å². The molecule has 4 rings (SSSR count). The molecule has 0 aliphatic carbocycles. The van der Waals surface area contributed by atoms with Gasteiger partial charge in [0, 0.05) is 34.8 Å². The van der Waals surface area contributed by atoms with E-state index in [0.717, 1.165) is 33.4 Å². The Morgan fingerprint density at radius 1 is 1.18 bits per heavy atom. The average molecular weight is 374 g/mol. The van der Waals surface area contributed by atoms with Crippen LogP contribution in [0.3, 0.4) is 0 Å². The van der Waals surface area contributed by atoms with Gasteiger partial charge in [-0.3, -0.25) is 14.7 Å². The lowest BCUT2D eigenvalue weighted by Crippen LogP contribution is -2.40. The van der Waals surface area contributed by atoms with Crippen molar-refractivity contribution in [2.75, 3.05) is 11.6 Å². The second-order valence-electron chi connectivity index (χ2n) is 6.80. The maximum Gasteiger partial charge on any atom is 0.253 e. The van der Waals surface area contributed by atoms with Crippen molar-refractivity contribution in [3.8, 4) is 0 Å². The van der Waals surface area contributed by atoms with Crippen LogP contribution in [0.1, 0.15) is 18.1 Å². The van der Waals surface area contributed by atoms with Crippen molar-refractivity contribution >= 4 is 34.2 Å². The molecule has 0 fully saturated rings. The molecule has 7 nitrogen and oxygen atoms in total. The van der Waals surface area contributed by atoms with E-state index >= 15 is 0 Å². The number of aromatic nitrogens is 1. The van der Waals surface area contributed by atoms with E-state index in [1.165, 1.54) is 0 Å². The Hall–Kier alpha value is -3.61. The van der Waals surface area contributed by atoms with Crippen LogP contribution in [0.25, 0.3) is 10.9 Å². The summed E-state index contributed by atoms with van der Waals surface area (Å²) in [6.45, 7) is 1.99. The van der Waals surface area contributed by atoms with Crippen molar-refractivity contribution in [2.24, 2.45) is 21.5 Å². The molecule has 1 amide bonds. The Morgan fingerprint density at radius 3 is 2.75 bits per heavy atom. The second-order valence-corrected chi connectivity index (χ2v) is 6.80. The summed E-state index contributed by atoms with van der Waals surface area (Å²) in [5.41, 5.74) is 15.6. The number of H-pyrrole nitrogens is 1. The molecule has 0 saturated carbocycles. The molecule has 5 N–H and O–H groups in total. The van der Waals surface area contributed by atoms with Gasteiger partial charge in [0.25, 0.3) is 5.91 Å². The van der Waals surface area contributed by atoms with E-state index in [2.05, 4.69) is 9.98 Å². The molecule has 1 aliphatic heterocycles. The smallest absolute Gasteiger partial charge is 0.253 e. The first-order valence-electron chi connectivity index (χ1n) is 9.10. The maximum absolute atomic E-state index is 13.4. The normalized spacial score (nSPS) is 16.5. The number of hydrogen-bond donors (Lipinski definition) is 3. The molecule has 0 saturated heterocycles. The van der Waals surface area contributed by atoms with Crippen LogP contribution in [-0.2, 0) is 11.2 Å². The number of carbonyl (C=O) groups is 1. The highest BCUT2D eigenvalue weighted by atomic mass is 16.2. The predicted octanol–water partition coefficient (Wildman–Crippen LogP) is 2.17. The Labute approximate surface area is 162 Å². The number of nitrogens with two attached hydrogens (primary N) is 2. The summed E-state index contributed by atoms with van der Waals surface area (Å²) in [4.78, 5) is 27.1. The number of para-hydroxylation sites is 2. The standard InChI is InChI=1S/C21H22N6O/c1-13-15-6-3-5-9-19(15)27(12-25-21(22)23)20(28)18(26-13)10-14-11-24-17-8-4-2-7-16(14)17/h2-9,11,18,24H,10,12H2,1H3,(H4,22,23,25). The number of nitrogens with one attached hydrogen (secondary N) is 1. The van der Waals surface area contributed by atoms with Gasteiger partial charge in [-0.1, -0.05) is 36.4 Å². The zero-order valence-electron chi connectivity index (χ0n) is 15.6. The molecule has 0 spiro atoms. The number of nitrogens with zero attached hydrogens (tertiary/aromatic N) is 3. The number of benzene rings is 2. The number of guanidine groups is 1. The van der Waals surface area contributed by atoms with Crippen molar-refractivity contribution in [3.63, 3.8) is 0 Å². The number of carbonyl (C=O) groups excluding carboxylic acids is 1. The topological polar surface area (TPSA) is 113 Å². The quantitative estimate of drug-likeness (QED) is 0.480. The van der Waals surface area contributed by atoms with Crippen LogP contribution in [0.2, 0.25) is 0 Å². The SMILES string of the molecule is CC1=NC(Cc2c[nH]c3ccccc23)C(=O)N(CN=C(N)N)c2ccccc21. The number of anilines is 1. The third kappa shape index (κ3) is 3.22. The van der Waals surface area contributed by atoms with Gasteiger partial charge in [-0.05, 0) is 24.6 Å². The zero-order valence-corrected chi connectivity index (χ0v) is 15.6. The molecule has 7 heteroatoms. The monoisotopic (exact) mass is 374 g/mol. The van der Waals surface area contributed by atoms with E-state index in [-0.39, 0.29) is 18.5 Å². The Bertz CT molecular complexity index is 1090. The molecule has 3 aromatic rings. The summed E-state index contributed by atoms with van der Waals surface area (Å²) < 4.78 is 0. The van der Waals surface area contributed by atoms with Gasteiger partial charge in [0.1, 0.15) is 12.7 Å². The van der Waals surface area contributed by atoms with Crippen LogP contribution < -0.4 is 16.4 Å². The molecule has 2 aromatic carbocycles. The third-order valence-electron chi connectivity index (χ3n) is 4.97. The lowest BCUT2D eigenvalue weighted by molar-refractivity contribution is -0.119.